The van der Waals surface area contributed by atoms with Crippen molar-refractivity contribution in [3.63, 3.8) is 0 Å². The first-order chi connectivity index (χ1) is 9.97. The largest absolute Gasteiger partial charge is 0.481 e. The molecule has 0 spiro atoms. The summed E-state index contributed by atoms with van der Waals surface area (Å²) in [6, 6.07) is 4.93. The highest BCUT2D eigenvalue weighted by molar-refractivity contribution is 6.35. The number of carbonyl (C=O) groups excluding carboxylic acids is 1. The van der Waals surface area contributed by atoms with Crippen molar-refractivity contribution >= 4 is 35.1 Å². The fraction of sp³-hybridized carbons (Fsp3) is 0.467. The average molecular weight is 330 g/mol. The third-order valence-electron chi connectivity index (χ3n) is 3.82. The minimum atomic E-state index is -0.835. The third-order valence-corrected chi connectivity index (χ3v) is 4.40. The lowest BCUT2D eigenvalue weighted by Gasteiger charge is -2.17. The number of aryl methyl sites for hydroxylation is 1. The van der Waals surface area contributed by atoms with Gasteiger partial charge in [0.25, 0.3) is 0 Å². The predicted octanol–water partition coefficient (Wildman–Crippen LogP) is 3.30. The van der Waals surface area contributed by atoms with Crippen molar-refractivity contribution in [2.75, 3.05) is 0 Å². The Morgan fingerprint density at radius 1 is 1.29 bits per heavy atom. The van der Waals surface area contributed by atoms with Gasteiger partial charge in [-0.1, -0.05) is 35.7 Å². The van der Waals surface area contributed by atoms with Gasteiger partial charge < -0.3 is 10.4 Å². The van der Waals surface area contributed by atoms with Crippen LogP contribution in [-0.4, -0.2) is 23.0 Å². The number of hydrogen-bond acceptors (Lipinski definition) is 2. The van der Waals surface area contributed by atoms with E-state index < -0.39 is 11.9 Å². The molecule has 0 unspecified atom stereocenters. The van der Waals surface area contributed by atoms with Crippen LogP contribution < -0.4 is 5.32 Å². The zero-order valence-electron chi connectivity index (χ0n) is 11.4. The van der Waals surface area contributed by atoms with Crippen LogP contribution in [0.3, 0.4) is 0 Å². The Labute approximate surface area is 133 Å². The molecular formula is C15H17Cl2NO3. The van der Waals surface area contributed by atoms with Crippen molar-refractivity contribution in [3.8, 4) is 0 Å². The summed E-state index contributed by atoms with van der Waals surface area (Å²) < 4.78 is 0. The lowest BCUT2D eigenvalue weighted by Crippen LogP contribution is -2.40. The van der Waals surface area contributed by atoms with Crippen molar-refractivity contribution in [1.82, 2.24) is 5.32 Å². The highest BCUT2D eigenvalue weighted by atomic mass is 35.5. The SMILES string of the molecule is O=C(CCc1ccc(Cl)cc1Cl)N[C@H]1CCC[C@H]1C(=O)O. The van der Waals surface area contributed by atoms with Crippen LogP contribution in [0.1, 0.15) is 31.2 Å². The number of carboxylic acid groups (broad SMARTS) is 1. The maximum absolute atomic E-state index is 11.9. The number of carboxylic acids is 1. The van der Waals surface area contributed by atoms with Crippen LogP contribution in [0.15, 0.2) is 18.2 Å². The molecule has 0 aromatic heterocycles. The van der Waals surface area contributed by atoms with Crippen LogP contribution in [-0.2, 0) is 16.0 Å². The fourth-order valence-corrected chi connectivity index (χ4v) is 3.18. The van der Waals surface area contributed by atoms with Gasteiger partial charge >= 0.3 is 5.97 Å². The Morgan fingerprint density at radius 2 is 2.05 bits per heavy atom. The summed E-state index contributed by atoms with van der Waals surface area (Å²) in [7, 11) is 0. The van der Waals surface area contributed by atoms with Crippen molar-refractivity contribution in [3.05, 3.63) is 33.8 Å². The van der Waals surface area contributed by atoms with E-state index in [-0.39, 0.29) is 18.4 Å². The molecule has 2 N–H and O–H groups in total. The van der Waals surface area contributed by atoms with E-state index in [0.29, 0.717) is 22.9 Å². The average Bonchev–Trinajstić information content (AvgIpc) is 2.86. The monoisotopic (exact) mass is 329 g/mol. The molecule has 114 valence electrons. The molecule has 1 aliphatic carbocycles. The molecule has 6 heteroatoms. The van der Waals surface area contributed by atoms with E-state index in [4.69, 9.17) is 28.3 Å². The Bertz CT molecular complexity index is 548. The summed E-state index contributed by atoms with van der Waals surface area (Å²) in [4.78, 5) is 23.0. The highest BCUT2D eigenvalue weighted by Crippen LogP contribution is 2.26. The molecule has 2 rings (SSSR count). The summed E-state index contributed by atoms with van der Waals surface area (Å²) in [5.41, 5.74) is 0.859. The quantitative estimate of drug-likeness (QED) is 0.870. The van der Waals surface area contributed by atoms with Crippen molar-refractivity contribution in [2.24, 2.45) is 5.92 Å². The van der Waals surface area contributed by atoms with E-state index in [1.165, 1.54) is 0 Å². The Balaban J connectivity index is 1.86. The topological polar surface area (TPSA) is 66.4 Å². The molecular weight excluding hydrogens is 313 g/mol. The van der Waals surface area contributed by atoms with Gasteiger partial charge in [0.2, 0.25) is 5.91 Å². The number of halogens is 2. The maximum Gasteiger partial charge on any atom is 0.308 e. The Hall–Kier alpha value is -1.26. The second-order valence-corrected chi connectivity index (χ2v) is 6.13. The molecule has 0 heterocycles. The molecule has 21 heavy (non-hydrogen) atoms. The molecule has 1 amide bonds. The van der Waals surface area contributed by atoms with Crippen LogP contribution in [0.4, 0.5) is 0 Å². The summed E-state index contributed by atoms with van der Waals surface area (Å²) in [5, 5.41) is 13.0. The second-order valence-electron chi connectivity index (χ2n) is 5.29. The summed E-state index contributed by atoms with van der Waals surface area (Å²) in [6.07, 6.45) is 2.98. The number of rotatable bonds is 5. The Morgan fingerprint density at radius 3 is 2.71 bits per heavy atom. The molecule has 0 bridgehead atoms. The summed E-state index contributed by atoms with van der Waals surface area (Å²) >= 11 is 11.9. The van der Waals surface area contributed by atoms with Crippen LogP contribution in [0.25, 0.3) is 0 Å². The van der Waals surface area contributed by atoms with Gasteiger partial charge in [0.05, 0.1) is 5.92 Å². The molecule has 4 nitrogen and oxygen atoms in total. The number of carbonyl (C=O) groups is 2. The standard InChI is InChI=1S/C15H17Cl2NO3/c16-10-6-4-9(12(17)8-10)5-7-14(19)18-13-3-1-2-11(13)15(20)21/h4,6,8,11,13H,1-3,5,7H2,(H,18,19)(H,20,21)/t11-,13+/m1/s1. The molecule has 1 aromatic carbocycles. The van der Waals surface area contributed by atoms with Gasteiger partial charge in [-0.15, -0.1) is 0 Å². The number of hydrogen-bond donors (Lipinski definition) is 2. The highest BCUT2D eigenvalue weighted by Gasteiger charge is 2.33. The molecule has 0 saturated heterocycles. The summed E-state index contributed by atoms with van der Waals surface area (Å²) in [5.74, 6) is -1.44. The minimum absolute atomic E-state index is 0.140. The van der Waals surface area contributed by atoms with Gasteiger partial charge in [-0.05, 0) is 37.0 Å². The number of amides is 1. The molecule has 0 aliphatic heterocycles. The van der Waals surface area contributed by atoms with Crippen LogP contribution in [0, 0.1) is 5.92 Å². The molecule has 1 fully saturated rings. The van der Waals surface area contributed by atoms with Crippen LogP contribution in [0.5, 0.6) is 0 Å². The van der Waals surface area contributed by atoms with Crippen molar-refractivity contribution in [2.45, 2.75) is 38.1 Å². The first-order valence-electron chi connectivity index (χ1n) is 6.93. The fourth-order valence-electron chi connectivity index (χ4n) is 2.68. The number of benzene rings is 1. The lowest BCUT2D eigenvalue weighted by atomic mass is 10.0. The van der Waals surface area contributed by atoms with Crippen LogP contribution in [0.2, 0.25) is 10.0 Å². The van der Waals surface area contributed by atoms with Crippen molar-refractivity contribution in [1.29, 1.82) is 0 Å². The van der Waals surface area contributed by atoms with Gasteiger partial charge in [-0.3, -0.25) is 9.59 Å². The lowest BCUT2D eigenvalue weighted by molar-refractivity contribution is -0.142. The van der Waals surface area contributed by atoms with Crippen molar-refractivity contribution < 1.29 is 14.7 Å². The van der Waals surface area contributed by atoms with Crippen LogP contribution >= 0.6 is 23.2 Å². The van der Waals surface area contributed by atoms with Gasteiger partial charge in [0, 0.05) is 22.5 Å². The maximum atomic E-state index is 11.9. The first kappa shape index (κ1) is 16.1. The van der Waals surface area contributed by atoms with E-state index in [9.17, 15) is 9.59 Å². The number of aliphatic carboxylic acids is 1. The minimum Gasteiger partial charge on any atom is -0.481 e. The van der Waals surface area contributed by atoms with Gasteiger partial charge in [0.1, 0.15) is 0 Å². The molecule has 0 radical (unpaired) electrons. The molecule has 1 aromatic rings. The van der Waals surface area contributed by atoms with Gasteiger partial charge in [-0.25, -0.2) is 0 Å². The zero-order chi connectivity index (χ0) is 15.4. The molecule has 2 atom stereocenters. The van der Waals surface area contributed by atoms with E-state index in [0.717, 1.165) is 18.4 Å². The third kappa shape index (κ3) is 4.35. The smallest absolute Gasteiger partial charge is 0.308 e. The van der Waals surface area contributed by atoms with E-state index in [1.807, 2.05) is 0 Å². The molecule has 1 aliphatic rings. The second kappa shape index (κ2) is 7.14. The number of nitrogens with one attached hydrogen (secondary N) is 1. The van der Waals surface area contributed by atoms with E-state index in [1.54, 1.807) is 18.2 Å². The zero-order valence-corrected chi connectivity index (χ0v) is 13.0. The van der Waals surface area contributed by atoms with Gasteiger partial charge in [0.15, 0.2) is 0 Å². The normalized spacial score (nSPS) is 21.2. The van der Waals surface area contributed by atoms with Gasteiger partial charge in [-0.2, -0.15) is 0 Å². The Kier molecular flexibility index (Phi) is 5.48. The predicted molar refractivity (Wildman–Crippen MR) is 81.7 cm³/mol. The summed E-state index contributed by atoms with van der Waals surface area (Å²) in [6.45, 7) is 0. The van der Waals surface area contributed by atoms with E-state index in [2.05, 4.69) is 5.32 Å². The van der Waals surface area contributed by atoms with E-state index >= 15 is 0 Å². The first-order valence-corrected chi connectivity index (χ1v) is 7.69. The molecule has 1 saturated carbocycles.